The minimum absolute atomic E-state index is 0.128. The predicted octanol–water partition coefficient (Wildman–Crippen LogP) is 2.69. The molecule has 1 saturated carbocycles. The fraction of sp³-hybridized carbons (Fsp3) is 0.464. The molecule has 1 aliphatic carbocycles. The summed E-state index contributed by atoms with van der Waals surface area (Å²) in [5.41, 5.74) is 0.538. The first-order chi connectivity index (χ1) is 18.4. The number of nitrogens with zero attached hydrogens (tertiary/aromatic N) is 2. The molecule has 0 spiro atoms. The van der Waals surface area contributed by atoms with Gasteiger partial charge in [-0.15, -0.1) is 0 Å². The van der Waals surface area contributed by atoms with Crippen LogP contribution in [0.5, 0.6) is 0 Å². The summed E-state index contributed by atoms with van der Waals surface area (Å²) in [5.74, 6) is -1.69. The fourth-order valence-corrected chi connectivity index (χ4v) is 6.19. The molecule has 9 nitrogen and oxygen atoms in total. The molecule has 0 radical (unpaired) electrons. The molecule has 0 bridgehead atoms. The number of hydrogen-bond donors (Lipinski definition) is 2. The number of hydrogen-bond acceptors (Lipinski definition) is 7. The highest BCUT2D eigenvalue weighted by molar-refractivity contribution is 7.90. The van der Waals surface area contributed by atoms with Gasteiger partial charge in [0, 0.05) is 38.1 Å². The molecule has 1 aliphatic heterocycles. The average Bonchev–Trinajstić information content (AvgIpc) is 2.89. The lowest BCUT2D eigenvalue weighted by Gasteiger charge is -2.39. The highest BCUT2D eigenvalue weighted by atomic mass is 32.2. The maximum atomic E-state index is 13.8. The Balaban J connectivity index is 1.47. The summed E-state index contributed by atoms with van der Waals surface area (Å²) in [5, 5.41) is 5.85. The first-order valence-corrected chi connectivity index (χ1v) is 15.0. The van der Waals surface area contributed by atoms with Crippen LogP contribution in [0.3, 0.4) is 0 Å². The van der Waals surface area contributed by atoms with Gasteiger partial charge in [0.1, 0.15) is 11.4 Å². The number of nitrogens with one attached hydrogen (secondary N) is 2. The summed E-state index contributed by atoms with van der Waals surface area (Å²) in [6.45, 7) is 0.166. The molecule has 2 aromatic carbocycles. The highest BCUT2D eigenvalue weighted by Crippen LogP contribution is 2.31. The topological polar surface area (TPSA) is 116 Å². The predicted molar refractivity (Wildman–Crippen MR) is 147 cm³/mol. The second kappa shape index (κ2) is 11.3. The van der Waals surface area contributed by atoms with Gasteiger partial charge in [0.15, 0.2) is 15.6 Å². The third-order valence-corrected chi connectivity index (χ3v) is 8.66. The minimum atomic E-state index is -3.72. The number of benzene rings is 2. The fourth-order valence-electron chi connectivity index (χ4n) is 5.29. The molecule has 2 N–H and O–H groups in total. The smallest absolute Gasteiger partial charge is 0.252 e. The van der Waals surface area contributed by atoms with Gasteiger partial charge in [0.05, 0.1) is 23.2 Å². The summed E-state index contributed by atoms with van der Waals surface area (Å²) >= 11 is 0. The van der Waals surface area contributed by atoms with Crippen LogP contribution in [0.25, 0.3) is 0 Å². The number of rotatable bonds is 7. The maximum absolute atomic E-state index is 13.8. The Hall–Kier alpha value is -3.47. The van der Waals surface area contributed by atoms with Crippen molar-refractivity contribution in [1.82, 2.24) is 10.6 Å². The van der Waals surface area contributed by atoms with Gasteiger partial charge in [-0.2, -0.15) is 0 Å². The van der Waals surface area contributed by atoms with Crippen molar-refractivity contribution in [2.75, 3.05) is 43.2 Å². The van der Waals surface area contributed by atoms with E-state index in [0.717, 1.165) is 43.3 Å². The third kappa shape index (κ3) is 6.41. The number of sulfone groups is 1. The van der Waals surface area contributed by atoms with Crippen molar-refractivity contribution < 1.29 is 27.2 Å². The first kappa shape index (κ1) is 28.5. The van der Waals surface area contributed by atoms with E-state index < -0.39 is 27.2 Å². The van der Waals surface area contributed by atoms with E-state index in [0.29, 0.717) is 24.9 Å². The molecule has 1 unspecified atom stereocenters. The van der Waals surface area contributed by atoms with E-state index in [1.54, 1.807) is 17.0 Å². The van der Waals surface area contributed by atoms with Crippen LogP contribution in [0, 0.1) is 5.82 Å². The van der Waals surface area contributed by atoms with Gasteiger partial charge >= 0.3 is 0 Å². The van der Waals surface area contributed by atoms with Gasteiger partial charge in [-0.25, -0.2) is 12.8 Å². The van der Waals surface area contributed by atoms with Crippen molar-refractivity contribution in [2.24, 2.45) is 0 Å². The summed E-state index contributed by atoms with van der Waals surface area (Å²) in [6, 6.07) is 9.81. The molecule has 1 atom stereocenters. The number of carbonyl (C=O) groups is 3. The zero-order valence-electron chi connectivity index (χ0n) is 22.5. The van der Waals surface area contributed by atoms with Gasteiger partial charge in [-0.05, 0) is 61.7 Å². The van der Waals surface area contributed by atoms with Gasteiger partial charge < -0.3 is 20.4 Å². The molecule has 2 aliphatic rings. The van der Waals surface area contributed by atoms with Crippen LogP contribution in [0.2, 0.25) is 0 Å². The molecule has 2 aromatic rings. The zero-order valence-corrected chi connectivity index (χ0v) is 23.3. The lowest BCUT2D eigenvalue weighted by Crippen LogP contribution is -2.63. The second-order valence-corrected chi connectivity index (χ2v) is 12.6. The van der Waals surface area contributed by atoms with E-state index in [-0.39, 0.29) is 41.1 Å². The lowest BCUT2D eigenvalue weighted by atomic mass is 9.80. The molecular weight excluding hydrogens is 523 g/mol. The number of anilines is 2. The number of halogens is 1. The van der Waals surface area contributed by atoms with E-state index in [9.17, 15) is 27.2 Å². The quantitative estimate of drug-likeness (QED) is 0.537. The molecule has 1 heterocycles. The van der Waals surface area contributed by atoms with Crippen LogP contribution in [-0.2, 0) is 19.4 Å². The van der Waals surface area contributed by atoms with Crippen molar-refractivity contribution in [1.29, 1.82) is 0 Å². The average molecular weight is 559 g/mol. The van der Waals surface area contributed by atoms with Crippen molar-refractivity contribution in [3.05, 3.63) is 53.8 Å². The summed E-state index contributed by atoms with van der Waals surface area (Å²) < 4.78 is 38.2. The molecule has 0 aromatic heterocycles. The van der Waals surface area contributed by atoms with Crippen LogP contribution in [0.15, 0.2) is 47.4 Å². The molecule has 11 heteroatoms. The number of piperidine rings is 1. The van der Waals surface area contributed by atoms with Crippen molar-refractivity contribution in [2.45, 2.75) is 55.0 Å². The van der Waals surface area contributed by atoms with Crippen molar-refractivity contribution in [3.63, 3.8) is 0 Å². The van der Waals surface area contributed by atoms with E-state index >= 15 is 0 Å². The Morgan fingerprint density at radius 2 is 1.72 bits per heavy atom. The van der Waals surface area contributed by atoms with Crippen molar-refractivity contribution >= 4 is 38.8 Å². The number of Topliss-reactive ketones (excluding diaryl/α,β-unsaturated/α-hetero) is 1. The molecule has 2 amide bonds. The number of carbonyl (C=O) groups excluding carboxylic acids is 3. The Morgan fingerprint density at radius 3 is 2.31 bits per heavy atom. The normalized spacial score (nSPS) is 19.3. The SMILES string of the molecule is CN(C)c1ccc(C(=O)NC2(C(=O)NC3CCN(c4ccc(F)cc4S(C)(=O)=O)CC3=O)CCCCC2)cc1. The van der Waals surface area contributed by atoms with Crippen LogP contribution < -0.4 is 20.4 Å². The van der Waals surface area contributed by atoms with Crippen LogP contribution in [0.4, 0.5) is 15.8 Å². The Kier molecular flexibility index (Phi) is 8.29. The van der Waals surface area contributed by atoms with E-state index in [1.807, 2.05) is 31.1 Å². The number of amides is 2. The Bertz CT molecular complexity index is 1350. The molecule has 4 rings (SSSR count). The van der Waals surface area contributed by atoms with Gasteiger partial charge in [-0.1, -0.05) is 19.3 Å². The van der Waals surface area contributed by atoms with Gasteiger partial charge in [0.25, 0.3) is 5.91 Å². The standard InChI is InChI=1S/C28H35FN4O5S/c1-32(2)21-10-7-19(8-11-21)26(35)31-28(14-5-4-6-15-28)27(36)30-22-13-16-33(18-24(22)34)23-12-9-20(29)17-25(23)39(3,37)38/h7-12,17,22H,4-6,13-16,18H2,1-3H3,(H,30,36)(H,31,35). The monoisotopic (exact) mass is 558 g/mol. The zero-order chi connectivity index (χ0) is 28.4. The highest BCUT2D eigenvalue weighted by Gasteiger charge is 2.43. The first-order valence-electron chi connectivity index (χ1n) is 13.1. The van der Waals surface area contributed by atoms with Gasteiger partial charge in [0.2, 0.25) is 5.91 Å². The molecular formula is C28H35FN4O5S. The number of ketones is 1. The molecule has 1 saturated heterocycles. The van der Waals surface area contributed by atoms with E-state index in [1.165, 1.54) is 6.07 Å². The molecule has 39 heavy (non-hydrogen) atoms. The summed E-state index contributed by atoms with van der Waals surface area (Å²) in [6.07, 6.45) is 4.70. The van der Waals surface area contributed by atoms with Crippen LogP contribution in [0.1, 0.15) is 48.9 Å². The lowest BCUT2D eigenvalue weighted by molar-refractivity contribution is -0.133. The summed E-state index contributed by atoms with van der Waals surface area (Å²) in [7, 11) is 0.0939. The second-order valence-electron chi connectivity index (χ2n) is 10.6. The third-order valence-electron chi connectivity index (χ3n) is 7.53. The van der Waals surface area contributed by atoms with Crippen molar-refractivity contribution in [3.8, 4) is 0 Å². The Labute approximate surface area is 228 Å². The van der Waals surface area contributed by atoms with E-state index in [2.05, 4.69) is 10.6 Å². The van der Waals surface area contributed by atoms with Crippen LogP contribution >= 0.6 is 0 Å². The molecule has 210 valence electrons. The van der Waals surface area contributed by atoms with Gasteiger partial charge in [-0.3, -0.25) is 14.4 Å². The minimum Gasteiger partial charge on any atom is -0.378 e. The van der Waals surface area contributed by atoms with Crippen LogP contribution in [-0.4, -0.2) is 71.0 Å². The Morgan fingerprint density at radius 1 is 1.05 bits per heavy atom. The largest absolute Gasteiger partial charge is 0.378 e. The molecule has 2 fully saturated rings. The maximum Gasteiger partial charge on any atom is 0.252 e. The van der Waals surface area contributed by atoms with E-state index in [4.69, 9.17) is 0 Å². The summed E-state index contributed by atoms with van der Waals surface area (Å²) in [4.78, 5) is 43.2.